The summed E-state index contributed by atoms with van der Waals surface area (Å²) in [6, 6.07) is 12.3. The monoisotopic (exact) mass is 349 g/mol. The molecule has 0 saturated carbocycles. The number of nitrogens with zero attached hydrogens (tertiary/aromatic N) is 2. The molecule has 1 atom stereocenters. The Morgan fingerprint density at radius 2 is 2.10 bits per heavy atom. The van der Waals surface area contributed by atoms with Crippen LogP contribution in [0.3, 0.4) is 0 Å². The number of anilines is 1. The molecular weight excluding hydrogens is 330 g/mol. The van der Waals surface area contributed by atoms with Gasteiger partial charge >= 0.3 is 0 Å². The average molecular weight is 350 g/mol. The van der Waals surface area contributed by atoms with E-state index in [4.69, 9.17) is 4.74 Å². The van der Waals surface area contributed by atoms with Crippen LogP contribution in [0.5, 0.6) is 5.75 Å². The lowest BCUT2D eigenvalue weighted by Crippen LogP contribution is -2.27. The molecule has 2 rings (SSSR count). The minimum absolute atomic E-state index is 0.231. The molecule has 2 aromatic rings. The predicted molar refractivity (Wildman–Crippen MR) is 89.8 cm³/mol. The van der Waals surface area contributed by atoms with Crippen LogP contribution in [0.4, 0.5) is 5.82 Å². The Balaban J connectivity index is 2.14. The quantitative estimate of drug-likeness (QED) is 0.864. The van der Waals surface area contributed by atoms with Gasteiger partial charge in [0.1, 0.15) is 11.6 Å². The summed E-state index contributed by atoms with van der Waals surface area (Å²) in [7, 11) is 5.83. The second-order valence-electron chi connectivity index (χ2n) is 4.97. The van der Waals surface area contributed by atoms with Gasteiger partial charge in [0, 0.05) is 12.7 Å². The molecule has 0 saturated heterocycles. The van der Waals surface area contributed by atoms with Crippen molar-refractivity contribution in [1.29, 1.82) is 0 Å². The summed E-state index contributed by atoms with van der Waals surface area (Å²) < 4.78 is 6.27. The van der Waals surface area contributed by atoms with Gasteiger partial charge in [0.15, 0.2) is 0 Å². The first-order valence-electron chi connectivity index (χ1n) is 6.76. The number of benzene rings is 1. The van der Waals surface area contributed by atoms with Gasteiger partial charge in [0.05, 0.1) is 17.6 Å². The highest BCUT2D eigenvalue weighted by molar-refractivity contribution is 9.10. The Labute approximate surface area is 134 Å². The summed E-state index contributed by atoms with van der Waals surface area (Å²) in [5.74, 6) is 1.73. The maximum Gasteiger partial charge on any atom is 0.140 e. The molecule has 1 heterocycles. The molecular formula is C16H20BrN3O. The van der Waals surface area contributed by atoms with Crippen molar-refractivity contribution in [2.45, 2.75) is 6.04 Å². The van der Waals surface area contributed by atoms with Crippen LogP contribution in [0, 0.1) is 0 Å². The zero-order valence-electron chi connectivity index (χ0n) is 12.5. The normalized spacial score (nSPS) is 12.2. The summed E-state index contributed by atoms with van der Waals surface area (Å²) in [6.07, 6.45) is 1.78. The Bertz CT molecular complexity index is 589. The van der Waals surface area contributed by atoms with Crippen molar-refractivity contribution in [2.24, 2.45) is 0 Å². The molecule has 0 fully saturated rings. The van der Waals surface area contributed by atoms with Crippen molar-refractivity contribution >= 4 is 21.7 Å². The molecule has 4 nitrogen and oxygen atoms in total. The fraction of sp³-hybridized carbons (Fsp3) is 0.312. The van der Waals surface area contributed by atoms with Crippen LogP contribution in [0.25, 0.3) is 0 Å². The topological polar surface area (TPSA) is 37.4 Å². The minimum Gasteiger partial charge on any atom is -0.497 e. The number of nitrogens with one attached hydrogen (secondary N) is 1. The van der Waals surface area contributed by atoms with Crippen LogP contribution in [0.15, 0.2) is 47.1 Å². The van der Waals surface area contributed by atoms with E-state index in [1.165, 1.54) is 5.56 Å². The summed E-state index contributed by atoms with van der Waals surface area (Å²) in [5.41, 5.74) is 1.21. The Morgan fingerprint density at radius 1 is 1.29 bits per heavy atom. The second kappa shape index (κ2) is 7.43. The van der Waals surface area contributed by atoms with E-state index in [1.807, 2.05) is 24.3 Å². The van der Waals surface area contributed by atoms with Gasteiger partial charge in [-0.2, -0.15) is 0 Å². The zero-order chi connectivity index (χ0) is 15.2. The molecule has 1 N–H and O–H groups in total. The van der Waals surface area contributed by atoms with Gasteiger partial charge < -0.3 is 15.0 Å². The average Bonchev–Trinajstić information content (AvgIpc) is 2.49. The van der Waals surface area contributed by atoms with Crippen LogP contribution < -0.4 is 10.1 Å². The predicted octanol–water partition coefficient (Wildman–Crippen LogP) is 3.57. The molecule has 5 heteroatoms. The molecule has 112 valence electrons. The highest BCUT2D eigenvalue weighted by Gasteiger charge is 2.15. The highest BCUT2D eigenvalue weighted by Crippen LogP contribution is 2.24. The summed E-state index contributed by atoms with van der Waals surface area (Å²) >= 11 is 3.50. The van der Waals surface area contributed by atoms with Gasteiger partial charge in [-0.1, -0.05) is 12.1 Å². The number of aromatic nitrogens is 1. The molecule has 0 radical (unpaired) electrons. The van der Waals surface area contributed by atoms with E-state index in [-0.39, 0.29) is 6.04 Å². The van der Waals surface area contributed by atoms with E-state index >= 15 is 0 Å². The Hall–Kier alpha value is -1.59. The SMILES string of the molecule is COc1cccc(C(CNc2ncccc2Br)N(C)C)c1. The van der Waals surface area contributed by atoms with Gasteiger partial charge in [-0.05, 0) is 59.9 Å². The van der Waals surface area contributed by atoms with E-state index in [0.717, 1.165) is 22.6 Å². The molecule has 0 aliphatic carbocycles. The number of methoxy groups -OCH3 is 1. The summed E-state index contributed by atoms with van der Waals surface area (Å²) in [4.78, 5) is 6.51. The minimum atomic E-state index is 0.231. The van der Waals surface area contributed by atoms with Crippen molar-refractivity contribution in [3.05, 3.63) is 52.6 Å². The van der Waals surface area contributed by atoms with Gasteiger partial charge in [-0.3, -0.25) is 0 Å². The second-order valence-corrected chi connectivity index (χ2v) is 5.83. The fourth-order valence-corrected chi connectivity index (χ4v) is 2.55. The maximum absolute atomic E-state index is 5.31. The molecule has 1 aromatic heterocycles. The number of hydrogen-bond donors (Lipinski definition) is 1. The van der Waals surface area contributed by atoms with Crippen molar-refractivity contribution in [3.63, 3.8) is 0 Å². The lowest BCUT2D eigenvalue weighted by Gasteiger charge is -2.25. The maximum atomic E-state index is 5.31. The number of hydrogen-bond acceptors (Lipinski definition) is 4. The third-order valence-corrected chi connectivity index (χ3v) is 3.96. The fourth-order valence-electron chi connectivity index (χ4n) is 2.16. The third-order valence-electron chi connectivity index (χ3n) is 3.32. The lowest BCUT2D eigenvalue weighted by molar-refractivity contribution is 0.310. The van der Waals surface area contributed by atoms with Crippen LogP contribution in [-0.2, 0) is 0 Å². The van der Waals surface area contributed by atoms with Crippen LogP contribution in [0.2, 0.25) is 0 Å². The first-order chi connectivity index (χ1) is 10.1. The van der Waals surface area contributed by atoms with Gasteiger partial charge in [0.25, 0.3) is 0 Å². The lowest BCUT2D eigenvalue weighted by atomic mass is 10.1. The van der Waals surface area contributed by atoms with Crippen LogP contribution in [-0.4, -0.2) is 37.6 Å². The summed E-state index contributed by atoms with van der Waals surface area (Å²) in [6.45, 7) is 0.760. The van der Waals surface area contributed by atoms with E-state index < -0.39 is 0 Å². The molecule has 21 heavy (non-hydrogen) atoms. The Morgan fingerprint density at radius 3 is 2.76 bits per heavy atom. The van der Waals surface area contributed by atoms with Gasteiger partial charge in [-0.25, -0.2) is 4.98 Å². The van der Waals surface area contributed by atoms with E-state index in [2.05, 4.69) is 57.4 Å². The largest absolute Gasteiger partial charge is 0.497 e. The van der Waals surface area contributed by atoms with Crippen LogP contribution >= 0.6 is 15.9 Å². The molecule has 0 spiro atoms. The number of likely N-dealkylation sites (N-methyl/N-ethyl adjacent to an activating group) is 1. The summed E-state index contributed by atoms with van der Waals surface area (Å²) in [5, 5.41) is 3.39. The van der Waals surface area contributed by atoms with Gasteiger partial charge in [0.2, 0.25) is 0 Å². The van der Waals surface area contributed by atoms with Crippen molar-refractivity contribution in [1.82, 2.24) is 9.88 Å². The van der Waals surface area contributed by atoms with Crippen molar-refractivity contribution in [2.75, 3.05) is 33.1 Å². The van der Waals surface area contributed by atoms with Crippen LogP contribution in [0.1, 0.15) is 11.6 Å². The molecule has 1 aromatic carbocycles. The molecule has 0 amide bonds. The number of rotatable bonds is 6. The number of pyridine rings is 1. The standard InChI is InChI=1S/C16H20BrN3O/c1-20(2)15(12-6-4-7-13(10-12)21-3)11-19-16-14(17)8-5-9-18-16/h4-10,15H,11H2,1-3H3,(H,18,19). The number of ether oxygens (including phenoxy) is 1. The first-order valence-corrected chi connectivity index (χ1v) is 7.56. The molecule has 0 bridgehead atoms. The third kappa shape index (κ3) is 4.19. The first kappa shape index (κ1) is 15.8. The van der Waals surface area contributed by atoms with Gasteiger partial charge in [-0.15, -0.1) is 0 Å². The van der Waals surface area contributed by atoms with Crippen molar-refractivity contribution < 1.29 is 4.74 Å². The zero-order valence-corrected chi connectivity index (χ0v) is 14.1. The molecule has 0 aliphatic heterocycles. The highest BCUT2D eigenvalue weighted by atomic mass is 79.9. The molecule has 1 unspecified atom stereocenters. The smallest absolute Gasteiger partial charge is 0.140 e. The Kier molecular flexibility index (Phi) is 5.59. The van der Waals surface area contributed by atoms with Crippen molar-refractivity contribution in [3.8, 4) is 5.75 Å². The van der Waals surface area contributed by atoms with E-state index in [9.17, 15) is 0 Å². The van der Waals surface area contributed by atoms with E-state index in [1.54, 1.807) is 13.3 Å². The van der Waals surface area contributed by atoms with E-state index in [0.29, 0.717) is 0 Å². The number of halogens is 1. The molecule has 0 aliphatic rings.